The van der Waals surface area contributed by atoms with Crippen molar-refractivity contribution in [1.29, 1.82) is 5.26 Å². The van der Waals surface area contributed by atoms with Crippen molar-refractivity contribution in [1.82, 2.24) is 14.9 Å². The minimum absolute atomic E-state index is 0.0507. The van der Waals surface area contributed by atoms with Crippen LogP contribution in [0.5, 0.6) is 0 Å². The van der Waals surface area contributed by atoms with Crippen molar-refractivity contribution in [3.63, 3.8) is 0 Å². The van der Waals surface area contributed by atoms with Crippen LogP contribution in [-0.2, 0) is 13.0 Å². The van der Waals surface area contributed by atoms with E-state index in [1.54, 1.807) is 0 Å². The van der Waals surface area contributed by atoms with Crippen molar-refractivity contribution in [3.05, 3.63) is 70.2 Å². The number of halogens is 1. The first kappa shape index (κ1) is 25.2. The highest BCUT2D eigenvalue weighted by molar-refractivity contribution is 5.57. The number of nitrogens with zero attached hydrogens (tertiary/aromatic N) is 4. The van der Waals surface area contributed by atoms with Crippen LogP contribution in [0.1, 0.15) is 56.7 Å². The Labute approximate surface area is 199 Å². The monoisotopic (exact) mass is 450 g/mol. The van der Waals surface area contributed by atoms with Crippen LogP contribution in [0.4, 0.5) is 4.39 Å². The molecule has 0 radical (unpaired) electrons. The summed E-state index contributed by atoms with van der Waals surface area (Å²) in [4.78, 5) is 2.18. The molecule has 1 saturated carbocycles. The minimum atomic E-state index is -0.341. The molecule has 33 heavy (non-hydrogen) atoms. The third kappa shape index (κ3) is 4.52. The molecule has 1 heterocycles. The van der Waals surface area contributed by atoms with Crippen molar-refractivity contribution >= 4 is 0 Å². The molecule has 0 amide bonds. The van der Waals surface area contributed by atoms with E-state index in [-0.39, 0.29) is 16.8 Å². The van der Waals surface area contributed by atoms with Crippen LogP contribution in [0.15, 0.2) is 47.7 Å². The van der Waals surface area contributed by atoms with E-state index in [1.165, 1.54) is 0 Å². The average Bonchev–Trinajstić information content (AvgIpc) is 2.66. The Morgan fingerprint density at radius 1 is 1.27 bits per heavy atom. The summed E-state index contributed by atoms with van der Waals surface area (Å²) in [6.45, 7) is 18.0. The Balaban J connectivity index is 1.94. The van der Waals surface area contributed by atoms with Crippen molar-refractivity contribution < 1.29 is 4.39 Å². The number of hydrogen-bond acceptors (Lipinski definition) is 4. The van der Waals surface area contributed by atoms with E-state index < -0.39 is 0 Å². The lowest BCUT2D eigenvalue weighted by molar-refractivity contribution is -0.0938. The Morgan fingerprint density at radius 2 is 1.88 bits per heavy atom. The molecule has 1 aliphatic carbocycles. The smallest absolute Gasteiger partial charge is 0.131 e. The second-order valence-corrected chi connectivity index (χ2v) is 11.0. The molecule has 178 valence electrons. The maximum absolute atomic E-state index is 15.6. The van der Waals surface area contributed by atoms with Crippen molar-refractivity contribution in [2.24, 2.45) is 5.41 Å². The van der Waals surface area contributed by atoms with E-state index in [0.29, 0.717) is 17.8 Å². The lowest BCUT2D eigenvalue weighted by Crippen LogP contribution is -2.62. The SMILES string of the molecule is C=C(C)C1=C(C#N)C2(CCC2)N(C)N(Cc2ccc(CC(C)(C)CN(C)C)c(C)c2F)C1=C. The fourth-order valence-electron chi connectivity index (χ4n) is 5.67. The summed E-state index contributed by atoms with van der Waals surface area (Å²) in [5.41, 5.74) is 5.25. The van der Waals surface area contributed by atoms with Gasteiger partial charge in [-0.25, -0.2) is 9.40 Å². The second kappa shape index (κ2) is 9.08. The quantitative estimate of drug-likeness (QED) is 0.529. The molecular weight excluding hydrogens is 411 g/mol. The van der Waals surface area contributed by atoms with Gasteiger partial charge in [0.15, 0.2) is 0 Å². The molecule has 0 saturated heterocycles. The first-order valence-electron chi connectivity index (χ1n) is 11.8. The summed E-state index contributed by atoms with van der Waals surface area (Å²) in [5, 5.41) is 14.1. The Morgan fingerprint density at radius 3 is 2.36 bits per heavy atom. The topological polar surface area (TPSA) is 33.5 Å². The molecular formula is C28H39FN4. The van der Waals surface area contributed by atoms with Crippen molar-refractivity contribution in [3.8, 4) is 6.07 Å². The molecule has 5 heteroatoms. The van der Waals surface area contributed by atoms with Gasteiger partial charge in [-0.1, -0.05) is 39.1 Å². The van der Waals surface area contributed by atoms with Gasteiger partial charge < -0.3 is 9.91 Å². The molecule has 0 N–H and O–H groups in total. The van der Waals surface area contributed by atoms with E-state index in [0.717, 1.165) is 60.1 Å². The van der Waals surface area contributed by atoms with Gasteiger partial charge >= 0.3 is 0 Å². The van der Waals surface area contributed by atoms with Crippen molar-refractivity contribution in [2.45, 2.75) is 65.5 Å². The lowest BCUT2D eigenvalue weighted by atomic mass is 9.68. The summed E-state index contributed by atoms with van der Waals surface area (Å²) in [7, 11) is 6.14. The van der Waals surface area contributed by atoms with Gasteiger partial charge in [0.2, 0.25) is 0 Å². The largest absolute Gasteiger partial charge is 0.309 e. The highest BCUT2D eigenvalue weighted by Crippen LogP contribution is 2.50. The normalized spacial score (nSPS) is 18.7. The third-order valence-corrected chi connectivity index (χ3v) is 7.33. The number of hydrogen-bond donors (Lipinski definition) is 0. The Bertz CT molecular complexity index is 1040. The van der Waals surface area contributed by atoms with E-state index in [2.05, 4.69) is 63.1 Å². The molecule has 1 aromatic rings. The van der Waals surface area contributed by atoms with Gasteiger partial charge in [-0.05, 0) is 75.7 Å². The van der Waals surface area contributed by atoms with E-state index in [9.17, 15) is 5.26 Å². The summed E-state index contributed by atoms with van der Waals surface area (Å²) in [6.07, 6.45) is 3.72. The van der Waals surface area contributed by atoms with Crippen LogP contribution in [0, 0.1) is 29.5 Å². The van der Waals surface area contributed by atoms with E-state index in [1.807, 2.05) is 32.0 Å². The zero-order valence-corrected chi connectivity index (χ0v) is 21.5. The average molecular weight is 451 g/mol. The van der Waals surface area contributed by atoms with Crippen LogP contribution in [0.3, 0.4) is 0 Å². The fourth-order valence-corrected chi connectivity index (χ4v) is 5.67. The molecule has 1 spiro atoms. The van der Waals surface area contributed by atoms with Crippen LogP contribution in [0.25, 0.3) is 0 Å². The van der Waals surface area contributed by atoms with Gasteiger partial charge in [0.25, 0.3) is 0 Å². The molecule has 0 atom stereocenters. The molecule has 1 aromatic carbocycles. The zero-order chi connectivity index (χ0) is 24.7. The molecule has 0 bridgehead atoms. The second-order valence-electron chi connectivity index (χ2n) is 11.0. The molecule has 4 nitrogen and oxygen atoms in total. The zero-order valence-electron chi connectivity index (χ0n) is 21.5. The van der Waals surface area contributed by atoms with Gasteiger partial charge in [-0.2, -0.15) is 5.26 Å². The fraction of sp³-hybridized carbons (Fsp3) is 0.536. The number of rotatable bonds is 7. The Kier molecular flexibility index (Phi) is 6.94. The minimum Gasteiger partial charge on any atom is -0.309 e. The molecule has 2 aliphatic rings. The molecule has 1 aliphatic heterocycles. The number of hydrazine groups is 1. The van der Waals surface area contributed by atoms with Crippen molar-refractivity contribution in [2.75, 3.05) is 27.7 Å². The maximum atomic E-state index is 15.6. The number of nitriles is 1. The summed E-state index contributed by atoms with van der Waals surface area (Å²) >= 11 is 0. The van der Waals surface area contributed by atoms with Gasteiger partial charge in [0, 0.05) is 24.7 Å². The van der Waals surface area contributed by atoms with E-state index in [4.69, 9.17) is 0 Å². The van der Waals surface area contributed by atoms with Gasteiger partial charge in [-0.3, -0.25) is 0 Å². The highest BCUT2D eigenvalue weighted by atomic mass is 19.1. The van der Waals surface area contributed by atoms with Crippen LogP contribution >= 0.6 is 0 Å². The lowest BCUT2D eigenvalue weighted by Gasteiger charge is -2.57. The van der Waals surface area contributed by atoms with Crippen LogP contribution < -0.4 is 0 Å². The molecule has 3 rings (SSSR count). The highest BCUT2D eigenvalue weighted by Gasteiger charge is 2.51. The van der Waals surface area contributed by atoms with Gasteiger partial charge in [0.1, 0.15) is 5.82 Å². The van der Waals surface area contributed by atoms with Crippen LogP contribution in [0.2, 0.25) is 0 Å². The number of likely N-dealkylation sites (N-methyl/N-ethyl adjacent to an activating group) is 1. The number of allylic oxidation sites excluding steroid dienone is 1. The van der Waals surface area contributed by atoms with Crippen LogP contribution in [-0.4, -0.2) is 48.1 Å². The predicted molar refractivity (Wildman–Crippen MR) is 134 cm³/mol. The predicted octanol–water partition coefficient (Wildman–Crippen LogP) is 5.76. The number of benzene rings is 1. The van der Waals surface area contributed by atoms with E-state index >= 15 is 4.39 Å². The molecule has 1 fully saturated rings. The van der Waals surface area contributed by atoms with Gasteiger partial charge in [-0.15, -0.1) is 0 Å². The summed E-state index contributed by atoms with van der Waals surface area (Å²) in [5.74, 6) is -0.149. The third-order valence-electron chi connectivity index (χ3n) is 7.33. The van der Waals surface area contributed by atoms with Gasteiger partial charge in [0.05, 0.1) is 29.4 Å². The first-order valence-corrected chi connectivity index (χ1v) is 11.8. The Hall–Kier alpha value is -2.42. The summed E-state index contributed by atoms with van der Waals surface area (Å²) < 4.78 is 15.6. The standard InChI is InChI=1S/C28H39FN4/c1-19(2)25-21(4)33(32(9)28(13-10-14-28)24(25)16-30)17-23-12-11-22(20(3)26(23)29)15-27(5,6)18-31(7)8/h11-12H,1,4,10,13-15,17-18H2,2-3,5-9H3. The maximum Gasteiger partial charge on any atom is 0.131 e. The summed E-state index contributed by atoms with van der Waals surface area (Å²) in [6, 6.07) is 6.44. The first-order chi connectivity index (χ1) is 15.3. The molecule has 0 aromatic heterocycles. The molecule has 0 unspecified atom stereocenters.